The van der Waals surface area contributed by atoms with Crippen molar-refractivity contribution in [3.63, 3.8) is 0 Å². The summed E-state index contributed by atoms with van der Waals surface area (Å²) in [5.41, 5.74) is 2.43. The van der Waals surface area contributed by atoms with Gasteiger partial charge in [-0.25, -0.2) is 22.7 Å². The zero-order valence-corrected chi connectivity index (χ0v) is 13.6. The van der Waals surface area contributed by atoms with Crippen LogP contribution >= 0.6 is 0 Å². The molecule has 2 aliphatic rings. The zero-order valence-electron chi connectivity index (χ0n) is 13.6. The Morgan fingerprint density at radius 2 is 2.00 bits per heavy atom. The minimum atomic E-state index is -1.20. The number of pyridine rings is 1. The van der Waals surface area contributed by atoms with E-state index in [1.165, 1.54) is 6.33 Å². The van der Waals surface area contributed by atoms with Crippen LogP contribution in [0.4, 0.5) is 18.9 Å². The molecule has 2 aliphatic heterocycles. The second-order valence-electron chi connectivity index (χ2n) is 6.44. The molecule has 0 spiro atoms. The minimum absolute atomic E-state index is 0.118. The van der Waals surface area contributed by atoms with Crippen LogP contribution in [0.15, 0.2) is 48.7 Å². The van der Waals surface area contributed by atoms with Crippen molar-refractivity contribution in [2.45, 2.75) is 19.0 Å². The molecule has 1 aromatic carbocycles. The van der Waals surface area contributed by atoms with Gasteiger partial charge in [-0.1, -0.05) is 0 Å². The van der Waals surface area contributed by atoms with E-state index < -0.39 is 23.6 Å². The molecule has 26 heavy (non-hydrogen) atoms. The fourth-order valence-electron chi connectivity index (χ4n) is 3.77. The van der Waals surface area contributed by atoms with E-state index in [-0.39, 0.29) is 5.69 Å². The van der Waals surface area contributed by atoms with Gasteiger partial charge in [0.05, 0.1) is 5.69 Å². The van der Waals surface area contributed by atoms with Gasteiger partial charge in [0.25, 0.3) is 0 Å². The second-order valence-corrected chi connectivity index (χ2v) is 6.44. The van der Waals surface area contributed by atoms with Gasteiger partial charge in [0.1, 0.15) is 18.3 Å². The maximum Gasteiger partial charge on any atom is 0.182 e. The highest BCUT2D eigenvalue weighted by atomic mass is 19.2. The Morgan fingerprint density at radius 1 is 1.12 bits per heavy atom. The van der Waals surface area contributed by atoms with Crippen LogP contribution < -0.4 is 4.90 Å². The van der Waals surface area contributed by atoms with Crippen molar-refractivity contribution < 1.29 is 13.2 Å². The van der Waals surface area contributed by atoms with Crippen LogP contribution in [0.2, 0.25) is 0 Å². The predicted octanol–water partition coefficient (Wildman–Crippen LogP) is 3.60. The van der Waals surface area contributed by atoms with Gasteiger partial charge in [0, 0.05) is 42.3 Å². The maximum atomic E-state index is 14.4. The third-order valence-corrected chi connectivity index (χ3v) is 4.89. The van der Waals surface area contributed by atoms with Crippen molar-refractivity contribution in [1.82, 2.24) is 19.5 Å². The Balaban J connectivity index is 1.66. The number of anilines is 1. The summed E-state index contributed by atoms with van der Waals surface area (Å²) < 4.78 is 43.6. The summed E-state index contributed by atoms with van der Waals surface area (Å²) >= 11 is 0. The lowest BCUT2D eigenvalue weighted by Crippen LogP contribution is -2.31. The van der Waals surface area contributed by atoms with E-state index in [1.54, 1.807) is 15.6 Å². The third-order valence-electron chi connectivity index (χ3n) is 4.89. The molecular weight excluding hydrogens is 343 g/mol. The highest BCUT2D eigenvalue weighted by molar-refractivity contribution is 5.56. The quantitative estimate of drug-likeness (QED) is 0.657. The fraction of sp³-hybridized carbons (Fsp3) is 0.222. The lowest BCUT2D eigenvalue weighted by Gasteiger charge is -2.32. The predicted molar refractivity (Wildman–Crippen MR) is 88.5 cm³/mol. The number of allylic oxidation sites excluding steroid dienone is 1. The van der Waals surface area contributed by atoms with Crippen molar-refractivity contribution in [3.8, 4) is 0 Å². The van der Waals surface area contributed by atoms with Gasteiger partial charge < -0.3 is 9.80 Å². The van der Waals surface area contributed by atoms with Crippen LogP contribution in [0.3, 0.4) is 0 Å². The van der Waals surface area contributed by atoms with E-state index in [0.29, 0.717) is 11.7 Å². The molecule has 132 valence electrons. The highest BCUT2D eigenvalue weighted by Crippen LogP contribution is 2.43. The monoisotopic (exact) mass is 357 g/mol. The summed E-state index contributed by atoms with van der Waals surface area (Å²) in [4.78, 5) is 7.84. The molecule has 5 rings (SSSR count). The smallest absolute Gasteiger partial charge is 0.182 e. The van der Waals surface area contributed by atoms with Gasteiger partial charge in [-0.05, 0) is 25.0 Å². The van der Waals surface area contributed by atoms with Crippen molar-refractivity contribution in [1.29, 1.82) is 0 Å². The molecule has 0 saturated carbocycles. The van der Waals surface area contributed by atoms with Crippen molar-refractivity contribution in [2.24, 2.45) is 0 Å². The second kappa shape index (κ2) is 5.48. The summed E-state index contributed by atoms with van der Waals surface area (Å²) in [5, 5.41) is 4.14. The maximum absolute atomic E-state index is 14.4. The van der Waals surface area contributed by atoms with E-state index in [2.05, 4.69) is 15.0 Å². The van der Waals surface area contributed by atoms with E-state index in [1.807, 2.05) is 18.3 Å². The van der Waals surface area contributed by atoms with E-state index in [9.17, 15) is 13.2 Å². The zero-order chi connectivity index (χ0) is 17.8. The van der Waals surface area contributed by atoms with E-state index in [0.717, 1.165) is 36.7 Å². The van der Waals surface area contributed by atoms with Crippen LogP contribution in [0.1, 0.15) is 24.6 Å². The lowest BCUT2D eigenvalue weighted by molar-refractivity contribution is 0.316. The Bertz CT molecular complexity index is 1040. The standard InChI is InChI=1S/C18H14F3N5/c19-12-6-14(20)17(21)15(7-12)25-9-13-2-1-5-24(13)18(25)11-3-4-16-22-10-23-26(16)8-11/h3-4,6-10,18H,1-2,5H2. The largest absolute Gasteiger partial charge is 0.349 e. The molecule has 1 fully saturated rings. The molecule has 1 saturated heterocycles. The molecule has 8 heteroatoms. The van der Waals surface area contributed by atoms with Crippen molar-refractivity contribution >= 4 is 11.3 Å². The summed E-state index contributed by atoms with van der Waals surface area (Å²) in [6, 6.07) is 5.28. The molecule has 1 atom stereocenters. The molecule has 3 aromatic rings. The number of hydrogen-bond acceptors (Lipinski definition) is 4. The first kappa shape index (κ1) is 15.2. The summed E-state index contributed by atoms with van der Waals surface area (Å²) in [6.07, 6.45) is 6.48. The molecule has 5 nitrogen and oxygen atoms in total. The first-order valence-electron chi connectivity index (χ1n) is 8.31. The number of hydrogen-bond donors (Lipinski definition) is 0. The molecule has 0 amide bonds. The Labute approximate surface area is 147 Å². The first-order chi connectivity index (χ1) is 12.6. The van der Waals surface area contributed by atoms with Crippen LogP contribution in [-0.4, -0.2) is 26.0 Å². The Kier molecular flexibility index (Phi) is 3.22. The van der Waals surface area contributed by atoms with Gasteiger partial charge in [-0.3, -0.25) is 0 Å². The van der Waals surface area contributed by atoms with Crippen LogP contribution in [0, 0.1) is 17.5 Å². The van der Waals surface area contributed by atoms with Crippen molar-refractivity contribution in [2.75, 3.05) is 11.4 Å². The van der Waals surface area contributed by atoms with Gasteiger partial charge >= 0.3 is 0 Å². The number of nitrogens with zero attached hydrogens (tertiary/aromatic N) is 5. The Morgan fingerprint density at radius 3 is 2.88 bits per heavy atom. The molecule has 0 bridgehead atoms. The molecule has 2 aromatic heterocycles. The van der Waals surface area contributed by atoms with Crippen LogP contribution in [0.25, 0.3) is 5.65 Å². The lowest BCUT2D eigenvalue weighted by atomic mass is 10.1. The SMILES string of the molecule is Fc1cc(F)c(F)c(N2C=C3CCCN3C2c2ccc3ncnn3c2)c1. The third kappa shape index (κ3) is 2.18. The van der Waals surface area contributed by atoms with E-state index >= 15 is 0 Å². The number of fused-ring (bicyclic) bond motifs is 2. The average molecular weight is 357 g/mol. The van der Waals surface area contributed by atoms with Gasteiger partial charge in [-0.2, -0.15) is 5.10 Å². The number of rotatable bonds is 2. The van der Waals surface area contributed by atoms with Gasteiger partial charge in [-0.15, -0.1) is 0 Å². The highest BCUT2D eigenvalue weighted by Gasteiger charge is 2.38. The van der Waals surface area contributed by atoms with Crippen molar-refractivity contribution in [3.05, 3.63) is 71.7 Å². The Hall–Kier alpha value is -3.03. The summed E-state index contributed by atoms with van der Waals surface area (Å²) in [7, 11) is 0. The first-order valence-corrected chi connectivity index (χ1v) is 8.31. The molecule has 0 N–H and O–H groups in total. The number of benzene rings is 1. The summed E-state index contributed by atoms with van der Waals surface area (Å²) in [5.74, 6) is -3.07. The molecule has 4 heterocycles. The van der Waals surface area contributed by atoms with Crippen LogP contribution in [0.5, 0.6) is 0 Å². The van der Waals surface area contributed by atoms with Gasteiger partial charge in [0.15, 0.2) is 17.3 Å². The molecule has 1 unspecified atom stereocenters. The minimum Gasteiger partial charge on any atom is -0.349 e. The number of halogens is 3. The van der Waals surface area contributed by atoms with Crippen LogP contribution in [-0.2, 0) is 0 Å². The molecular formula is C18H14F3N5. The molecule has 0 aliphatic carbocycles. The normalized spacial score (nSPS) is 19.3. The average Bonchev–Trinajstić information content (AvgIpc) is 3.32. The van der Waals surface area contributed by atoms with E-state index in [4.69, 9.17) is 0 Å². The fourth-order valence-corrected chi connectivity index (χ4v) is 3.77. The number of aromatic nitrogens is 3. The molecule has 0 radical (unpaired) electrons. The topological polar surface area (TPSA) is 36.7 Å². The summed E-state index contributed by atoms with van der Waals surface area (Å²) in [6.45, 7) is 0.793. The van der Waals surface area contributed by atoms with Gasteiger partial charge in [0.2, 0.25) is 0 Å².